The fourth-order valence-electron chi connectivity index (χ4n) is 2.77. The van der Waals surface area contributed by atoms with Crippen molar-refractivity contribution in [2.24, 2.45) is 0 Å². The molecule has 2 aromatic rings. The normalized spacial score (nSPS) is 11.5. The van der Waals surface area contributed by atoms with Crippen LogP contribution in [0.1, 0.15) is 48.6 Å². The van der Waals surface area contributed by atoms with E-state index >= 15 is 0 Å². The van der Waals surface area contributed by atoms with Gasteiger partial charge in [-0.05, 0) is 60.6 Å². The van der Waals surface area contributed by atoms with Gasteiger partial charge in [0.05, 0.1) is 0 Å². The Hall–Kier alpha value is -1.76. The highest BCUT2D eigenvalue weighted by Gasteiger charge is 2.12. The Morgan fingerprint density at radius 2 is 1.38 bits per heavy atom. The summed E-state index contributed by atoms with van der Waals surface area (Å²) in [6, 6.07) is 13.3. The lowest BCUT2D eigenvalue weighted by Crippen LogP contribution is -2.11. The number of rotatable bonds is 3. The Morgan fingerprint density at radius 3 is 1.86 bits per heavy atom. The van der Waals surface area contributed by atoms with Gasteiger partial charge in [0, 0.05) is 12.2 Å². The van der Waals surface area contributed by atoms with Gasteiger partial charge < -0.3 is 5.32 Å². The van der Waals surface area contributed by atoms with Crippen molar-refractivity contribution in [2.75, 3.05) is 5.32 Å². The van der Waals surface area contributed by atoms with E-state index in [4.69, 9.17) is 0 Å². The van der Waals surface area contributed by atoms with Crippen LogP contribution in [-0.2, 0) is 12.0 Å². The van der Waals surface area contributed by atoms with Crippen molar-refractivity contribution in [1.29, 1.82) is 0 Å². The summed E-state index contributed by atoms with van der Waals surface area (Å²) in [7, 11) is 0. The largest absolute Gasteiger partial charge is 0.381 e. The Labute approximate surface area is 129 Å². The summed E-state index contributed by atoms with van der Waals surface area (Å²) in [5.74, 6) is 0. The number of anilines is 1. The molecule has 0 atom stereocenters. The van der Waals surface area contributed by atoms with E-state index in [0.29, 0.717) is 0 Å². The maximum Gasteiger partial charge on any atom is 0.0406 e. The van der Waals surface area contributed by atoms with Gasteiger partial charge in [0.25, 0.3) is 0 Å². The molecule has 1 N–H and O–H groups in total. The monoisotopic (exact) mass is 281 g/mol. The summed E-state index contributed by atoms with van der Waals surface area (Å²) in [5, 5.41) is 3.54. The van der Waals surface area contributed by atoms with Crippen LogP contribution in [0.4, 0.5) is 5.69 Å². The van der Waals surface area contributed by atoms with Crippen molar-refractivity contribution in [3.05, 3.63) is 64.2 Å². The fourth-order valence-corrected chi connectivity index (χ4v) is 2.77. The van der Waals surface area contributed by atoms with Gasteiger partial charge in [0.1, 0.15) is 0 Å². The lowest BCUT2D eigenvalue weighted by molar-refractivity contribution is 0.590. The molecule has 0 spiro atoms. The Bertz CT molecular complexity index is 592. The smallest absolute Gasteiger partial charge is 0.0406 e. The van der Waals surface area contributed by atoms with Crippen LogP contribution in [0.5, 0.6) is 0 Å². The molecule has 2 rings (SSSR count). The predicted octanol–water partition coefficient (Wildman–Crippen LogP) is 5.52. The molecular weight excluding hydrogens is 254 g/mol. The molecule has 0 aliphatic heterocycles. The maximum atomic E-state index is 3.54. The minimum atomic E-state index is 0.211. The Balaban J connectivity index is 2.10. The lowest BCUT2D eigenvalue weighted by atomic mass is 9.87. The third-order valence-electron chi connectivity index (χ3n) is 4.06. The molecule has 0 radical (unpaired) electrons. The zero-order valence-electron chi connectivity index (χ0n) is 14.2. The molecule has 0 fully saturated rings. The Kier molecular flexibility index (Phi) is 4.41. The van der Waals surface area contributed by atoms with Crippen LogP contribution in [0, 0.1) is 20.8 Å². The highest BCUT2D eigenvalue weighted by atomic mass is 14.9. The highest BCUT2D eigenvalue weighted by molar-refractivity contribution is 5.48. The molecule has 1 nitrogen and oxygen atoms in total. The maximum absolute atomic E-state index is 3.54. The van der Waals surface area contributed by atoms with E-state index in [2.05, 4.69) is 83.3 Å². The number of aryl methyl sites for hydroxylation is 3. The van der Waals surface area contributed by atoms with E-state index in [0.717, 1.165) is 6.54 Å². The van der Waals surface area contributed by atoms with Gasteiger partial charge >= 0.3 is 0 Å². The van der Waals surface area contributed by atoms with Gasteiger partial charge in [-0.2, -0.15) is 0 Å². The average Bonchev–Trinajstić information content (AvgIpc) is 2.37. The van der Waals surface area contributed by atoms with Crippen molar-refractivity contribution in [1.82, 2.24) is 0 Å². The van der Waals surface area contributed by atoms with Crippen LogP contribution in [-0.4, -0.2) is 0 Å². The molecule has 0 saturated carbocycles. The second-order valence-corrected chi connectivity index (χ2v) is 7.06. The van der Waals surface area contributed by atoms with Gasteiger partial charge in [-0.3, -0.25) is 0 Å². The minimum Gasteiger partial charge on any atom is -0.381 e. The molecule has 2 aromatic carbocycles. The summed E-state index contributed by atoms with van der Waals surface area (Å²) in [5.41, 5.74) is 8.24. The van der Waals surface area contributed by atoms with Crippen LogP contribution in [0.2, 0.25) is 0 Å². The molecule has 0 aliphatic carbocycles. The van der Waals surface area contributed by atoms with E-state index < -0.39 is 0 Å². The zero-order chi connectivity index (χ0) is 15.6. The first-order valence-electron chi connectivity index (χ1n) is 7.68. The van der Waals surface area contributed by atoms with E-state index in [1.54, 1.807) is 0 Å². The van der Waals surface area contributed by atoms with E-state index in [1.807, 2.05) is 0 Å². The van der Waals surface area contributed by atoms with Crippen LogP contribution >= 0.6 is 0 Å². The molecule has 0 heterocycles. The first-order chi connectivity index (χ1) is 9.77. The first kappa shape index (κ1) is 15.6. The molecular formula is C20H27N. The van der Waals surface area contributed by atoms with Crippen LogP contribution in [0.3, 0.4) is 0 Å². The summed E-state index contributed by atoms with van der Waals surface area (Å²) < 4.78 is 0. The predicted molar refractivity (Wildman–Crippen MR) is 93.1 cm³/mol. The molecule has 0 amide bonds. The van der Waals surface area contributed by atoms with Crippen molar-refractivity contribution in [3.8, 4) is 0 Å². The number of nitrogens with one attached hydrogen (secondary N) is 1. The van der Waals surface area contributed by atoms with E-state index in [9.17, 15) is 0 Å². The topological polar surface area (TPSA) is 12.0 Å². The zero-order valence-corrected chi connectivity index (χ0v) is 14.2. The second-order valence-electron chi connectivity index (χ2n) is 7.06. The minimum absolute atomic E-state index is 0.211. The van der Waals surface area contributed by atoms with Gasteiger partial charge in [0.2, 0.25) is 0 Å². The fraction of sp³-hybridized carbons (Fsp3) is 0.400. The van der Waals surface area contributed by atoms with Crippen molar-refractivity contribution >= 4 is 5.69 Å². The summed E-state index contributed by atoms with van der Waals surface area (Å²) in [4.78, 5) is 0. The molecule has 0 aliphatic rings. The Morgan fingerprint density at radius 1 is 0.857 bits per heavy atom. The number of benzene rings is 2. The second kappa shape index (κ2) is 5.93. The molecule has 112 valence electrons. The van der Waals surface area contributed by atoms with Gasteiger partial charge in [-0.15, -0.1) is 0 Å². The highest BCUT2D eigenvalue weighted by Crippen LogP contribution is 2.24. The average molecular weight is 281 g/mol. The third-order valence-corrected chi connectivity index (χ3v) is 4.06. The molecule has 1 heteroatoms. The molecule has 0 aromatic heterocycles. The van der Waals surface area contributed by atoms with Gasteiger partial charge in [-0.1, -0.05) is 50.6 Å². The number of hydrogen-bond acceptors (Lipinski definition) is 1. The standard InChI is InChI=1S/C20H27N/c1-14-11-15(2)19(16(3)12-14)13-21-18-9-7-17(8-10-18)20(4,5)6/h7-12,21H,13H2,1-6H3. The van der Waals surface area contributed by atoms with Gasteiger partial charge in [0.15, 0.2) is 0 Å². The van der Waals surface area contributed by atoms with Crippen LogP contribution in [0.25, 0.3) is 0 Å². The van der Waals surface area contributed by atoms with E-state index in [1.165, 1.54) is 33.5 Å². The number of hydrogen-bond donors (Lipinski definition) is 1. The third kappa shape index (κ3) is 3.87. The van der Waals surface area contributed by atoms with Crippen molar-refractivity contribution < 1.29 is 0 Å². The summed E-state index contributed by atoms with van der Waals surface area (Å²) in [6.07, 6.45) is 0. The SMILES string of the molecule is Cc1cc(C)c(CNc2ccc(C(C)(C)C)cc2)c(C)c1. The van der Waals surface area contributed by atoms with Crippen LogP contribution in [0.15, 0.2) is 36.4 Å². The first-order valence-corrected chi connectivity index (χ1v) is 7.68. The molecule has 0 bridgehead atoms. The molecule has 21 heavy (non-hydrogen) atoms. The van der Waals surface area contributed by atoms with Crippen molar-refractivity contribution in [2.45, 2.75) is 53.5 Å². The van der Waals surface area contributed by atoms with E-state index in [-0.39, 0.29) is 5.41 Å². The molecule has 0 unspecified atom stereocenters. The molecule has 0 saturated heterocycles. The lowest BCUT2D eigenvalue weighted by Gasteiger charge is -2.19. The van der Waals surface area contributed by atoms with Gasteiger partial charge in [-0.25, -0.2) is 0 Å². The summed E-state index contributed by atoms with van der Waals surface area (Å²) in [6.45, 7) is 14.2. The summed E-state index contributed by atoms with van der Waals surface area (Å²) >= 11 is 0. The van der Waals surface area contributed by atoms with Crippen LogP contribution < -0.4 is 5.32 Å². The quantitative estimate of drug-likeness (QED) is 0.781. The van der Waals surface area contributed by atoms with Crippen molar-refractivity contribution in [3.63, 3.8) is 0 Å².